The topological polar surface area (TPSA) is 81.3 Å². The number of nitrogens with two attached hydrogens (primary N) is 3. The van der Waals surface area contributed by atoms with Crippen LogP contribution >= 0.6 is 0 Å². The minimum absolute atomic E-state index is 0.138. The van der Waals surface area contributed by atoms with Crippen molar-refractivity contribution in [3.05, 3.63) is 0 Å². The average Bonchev–Trinajstić information content (AvgIpc) is 2.11. The van der Waals surface area contributed by atoms with Crippen LogP contribution in [0.1, 0.15) is 32.6 Å². The van der Waals surface area contributed by atoms with Gasteiger partial charge in [0.25, 0.3) is 0 Å². The molecule has 0 aliphatic rings. The summed E-state index contributed by atoms with van der Waals surface area (Å²) in [6.07, 6.45) is 4.60. The first-order valence-corrected chi connectivity index (χ1v) is 5.49. The van der Waals surface area contributed by atoms with Crippen LogP contribution in [0.5, 0.6) is 0 Å². The Morgan fingerprint density at radius 3 is 2.29 bits per heavy atom. The lowest BCUT2D eigenvalue weighted by atomic mass is 10.1. The van der Waals surface area contributed by atoms with E-state index in [0.29, 0.717) is 0 Å². The van der Waals surface area contributed by atoms with E-state index < -0.39 is 0 Å². The maximum absolute atomic E-state index is 5.99. The third-order valence-electron chi connectivity index (χ3n) is 2.35. The maximum atomic E-state index is 5.99. The molecule has 2 atom stereocenters. The monoisotopic (exact) mass is 202 g/mol. The minimum Gasteiger partial charge on any atom is -0.330 e. The fraction of sp³-hybridized carbons (Fsp3) is 1.00. The lowest BCUT2D eigenvalue weighted by molar-refractivity contribution is 0.221. The normalized spacial score (nSPS) is 15.9. The van der Waals surface area contributed by atoms with E-state index in [9.17, 15) is 0 Å². The van der Waals surface area contributed by atoms with Crippen LogP contribution in [0.2, 0.25) is 0 Å². The third-order valence-corrected chi connectivity index (χ3v) is 2.35. The second-order valence-corrected chi connectivity index (χ2v) is 4.12. The van der Waals surface area contributed by atoms with Crippen molar-refractivity contribution >= 4 is 0 Å². The van der Waals surface area contributed by atoms with Crippen LogP contribution in [-0.2, 0) is 0 Å². The van der Waals surface area contributed by atoms with Crippen molar-refractivity contribution in [2.75, 3.05) is 20.1 Å². The summed E-state index contributed by atoms with van der Waals surface area (Å²) in [5.74, 6) is 0. The predicted molar refractivity (Wildman–Crippen MR) is 61.8 cm³/mol. The van der Waals surface area contributed by atoms with Crippen LogP contribution in [0.4, 0.5) is 0 Å². The van der Waals surface area contributed by atoms with Gasteiger partial charge in [-0.2, -0.15) is 0 Å². The van der Waals surface area contributed by atoms with Crippen molar-refractivity contribution in [1.82, 2.24) is 4.90 Å². The Labute approximate surface area is 87.8 Å². The second-order valence-electron chi connectivity index (χ2n) is 4.12. The van der Waals surface area contributed by atoms with Gasteiger partial charge in [-0.05, 0) is 33.4 Å². The predicted octanol–water partition coefficient (Wildman–Crippen LogP) is 0.0693. The van der Waals surface area contributed by atoms with Crippen molar-refractivity contribution in [2.45, 2.75) is 44.8 Å². The molecule has 0 amide bonds. The molecule has 0 fully saturated rings. The highest BCUT2D eigenvalue weighted by Crippen LogP contribution is 2.04. The highest BCUT2D eigenvalue weighted by Gasteiger charge is 2.10. The molecular formula is C10H26N4. The fourth-order valence-corrected chi connectivity index (χ4v) is 1.48. The highest BCUT2D eigenvalue weighted by atomic mass is 15.2. The van der Waals surface area contributed by atoms with Crippen LogP contribution in [-0.4, -0.2) is 37.2 Å². The molecule has 0 aromatic carbocycles. The van der Waals surface area contributed by atoms with E-state index in [-0.39, 0.29) is 12.2 Å². The highest BCUT2D eigenvalue weighted by molar-refractivity contribution is 4.66. The molecule has 2 unspecified atom stereocenters. The Morgan fingerprint density at radius 1 is 1.14 bits per heavy atom. The molecule has 0 saturated heterocycles. The zero-order valence-corrected chi connectivity index (χ0v) is 9.58. The molecule has 0 radical (unpaired) electrons. The number of hydrogen-bond donors (Lipinski definition) is 3. The van der Waals surface area contributed by atoms with Gasteiger partial charge in [-0.15, -0.1) is 0 Å². The number of likely N-dealkylation sites (N-methyl/N-ethyl adjacent to an activating group) is 1. The summed E-state index contributed by atoms with van der Waals surface area (Å²) in [6.45, 7) is 3.64. The lowest BCUT2D eigenvalue weighted by Crippen LogP contribution is -2.44. The average molecular weight is 202 g/mol. The largest absolute Gasteiger partial charge is 0.330 e. The molecule has 4 nitrogen and oxygen atoms in total. The Hall–Kier alpha value is -0.160. The summed E-state index contributed by atoms with van der Waals surface area (Å²) in [4.78, 5) is 2.12. The Kier molecular flexibility index (Phi) is 8.08. The van der Waals surface area contributed by atoms with Crippen LogP contribution < -0.4 is 17.2 Å². The van der Waals surface area contributed by atoms with Crippen molar-refractivity contribution in [2.24, 2.45) is 17.2 Å². The second kappa shape index (κ2) is 8.17. The summed E-state index contributed by atoms with van der Waals surface area (Å²) in [6, 6.07) is 0.190. The van der Waals surface area contributed by atoms with Gasteiger partial charge >= 0.3 is 0 Å². The smallest absolute Gasteiger partial charge is 0.0569 e. The fourth-order valence-electron chi connectivity index (χ4n) is 1.48. The molecule has 0 heterocycles. The first-order valence-electron chi connectivity index (χ1n) is 5.49. The Balaban J connectivity index is 3.46. The molecule has 86 valence electrons. The zero-order chi connectivity index (χ0) is 11.0. The summed E-state index contributed by atoms with van der Waals surface area (Å²) in [5.41, 5.74) is 17.1. The Morgan fingerprint density at radius 2 is 1.79 bits per heavy atom. The van der Waals surface area contributed by atoms with Crippen LogP contribution in [0.3, 0.4) is 0 Å². The molecule has 0 aliphatic carbocycles. The molecule has 0 aromatic heterocycles. The standard InChI is InChI=1S/C10H26N4/c1-9(12)8-14(2)10(13)6-4-3-5-7-11/h9-10H,3-8,11-13H2,1-2H3. The minimum atomic E-state index is 0.138. The molecule has 4 heteroatoms. The summed E-state index contributed by atoms with van der Waals surface area (Å²) in [7, 11) is 2.02. The van der Waals surface area contributed by atoms with Gasteiger partial charge < -0.3 is 17.2 Å². The van der Waals surface area contributed by atoms with Crippen molar-refractivity contribution < 1.29 is 0 Å². The molecule has 0 spiro atoms. The molecular weight excluding hydrogens is 176 g/mol. The van der Waals surface area contributed by atoms with Gasteiger partial charge in [0.15, 0.2) is 0 Å². The number of hydrogen-bond acceptors (Lipinski definition) is 4. The van der Waals surface area contributed by atoms with Crippen LogP contribution in [0, 0.1) is 0 Å². The summed E-state index contributed by atoms with van der Waals surface area (Å²) < 4.78 is 0. The summed E-state index contributed by atoms with van der Waals surface area (Å²) in [5, 5.41) is 0. The van der Waals surface area contributed by atoms with Crippen molar-refractivity contribution in [1.29, 1.82) is 0 Å². The van der Waals surface area contributed by atoms with Gasteiger partial charge in [0, 0.05) is 12.6 Å². The molecule has 0 bridgehead atoms. The number of rotatable bonds is 8. The lowest BCUT2D eigenvalue weighted by Gasteiger charge is -2.25. The van der Waals surface area contributed by atoms with E-state index in [1.54, 1.807) is 0 Å². The van der Waals surface area contributed by atoms with Gasteiger partial charge in [0.1, 0.15) is 0 Å². The molecule has 0 aromatic rings. The van der Waals surface area contributed by atoms with Crippen LogP contribution in [0.25, 0.3) is 0 Å². The van der Waals surface area contributed by atoms with Gasteiger partial charge in [-0.1, -0.05) is 12.8 Å². The molecule has 0 aliphatic heterocycles. The van der Waals surface area contributed by atoms with E-state index in [1.165, 1.54) is 6.42 Å². The Bertz CT molecular complexity index is 127. The van der Waals surface area contributed by atoms with Gasteiger partial charge in [0.2, 0.25) is 0 Å². The molecule has 6 N–H and O–H groups in total. The van der Waals surface area contributed by atoms with Crippen LogP contribution in [0.15, 0.2) is 0 Å². The zero-order valence-electron chi connectivity index (χ0n) is 9.58. The molecule has 14 heavy (non-hydrogen) atoms. The summed E-state index contributed by atoms with van der Waals surface area (Å²) >= 11 is 0. The van der Waals surface area contributed by atoms with E-state index in [4.69, 9.17) is 17.2 Å². The van der Waals surface area contributed by atoms with E-state index in [0.717, 1.165) is 32.4 Å². The van der Waals surface area contributed by atoms with Crippen molar-refractivity contribution in [3.63, 3.8) is 0 Å². The van der Waals surface area contributed by atoms with Gasteiger partial charge in [-0.25, -0.2) is 0 Å². The maximum Gasteiger partial charge on any atom is 0.0569 e. The quantitative estimate of drug-likeness (QED) is 0.384. The van der Waals surface area contributed by atoms with Crippen molar-refractivity contribution in [3.8, 4) is 0 Å². The van der Waals surface area contributed by atoms with E-state index >= 15 is 0 Å². The number of unbranched alkanes of at least 4 members (excludes halogenated alkanes) is 2. The first-order chi connectivity index (χ1) is 6.57. The SMILES string of the molecule is CC(N)CN(C)C(N)CCCCCN. The first kappa shape index (κ1) is 13.8. The third kappa shape index (κ3) is 7.26. The van der Waals surface area contributed by atoms with E-state index in [2.05, 4.69) is 4.90 Å². The van der Waals surface area contributed by atoms with Gasteiger partial charge in [-0.3, -0.25) is 4.90 Å². The molecule has 0 saturated carbocycles. The van der Waals surface area contributed by atoms with Gasteiger partial charge in [0.05, 0.1) is 6.17 Å². The number of nitrogens with zero attached hydrogens (tertiary/aromatic N) is 1. The van der Waals surface area contributed by atoms with E-state index in [1.807, 2.05) is 14.0 Å². The molecule has 0 rings (SSSR count).